The molecule has 3 heteroatoms. The molecule has 0 aliphatic heterocycles. The lowest BCUT2D eigenvalue weighted by Gasteiger charge is -2.09. The fourth-order valence-corrected chi connectivity index (χ4v) is 3.04. The smallest absolute Gasteiger partial charge is 0.183 e. The zero-order valence-electron chi connectivity index (χ0n) is 8.97. The van der Waals surface area contributed by atoms with Crippen molar-refractivity contribution in [1.29, 1.82) is 0 Å². The molecule has 0 atom stereocenters. The van der Waals surface area contributed by atoms with Gasteiger partial charge in [0.1, 0.15) is 0 Å². The number of hydrogen-bond acceptors (Lipinski definition) is 3. The molecule has 0 spiro atoms. The lowest BCUT2D eigenvalue weighted by molar-refractivity contribution is 0.753. The van der Waals surface area contributed by atoms with Gasteiger partial charge in [0, 0.05) is 10.9 Å². The predicted octanol–water partition coefficient (Wildman–Crippen LogP) is 3.37. The number of anilines is 1. The maximum absolute atomic E-state index is 4.60. The van der Waals surface area contributed by atoms with Gasteiger partial charge >= 0.3 is 0 Å². The van der Waals surface area contributed by atoms with Gasteiger partial charge in [-0.05, 0) is 26.2 Å². The van der Waals surface area contributed by atoms with E-state index in [1.807, 2.05) is 0 Å². The van der Waals surface area contributed by atoms with E-state index >= 15 is 0 Å². The van der Waals surface area contributed by atoms with E-state index < -0.39 is 0 Å². The highest BCUT2D eigenvalue weighted by Crippen LogP contribution is 2.27. The second-order valence-corrected chi connectivity index (χ2v) is 5.20. The van der Waals surface area contributed by atoms with E-state index in [2.05, 4.69) is 24.1 Å². The Morgan fingerprint density at radius 2 is 2.14 bits per heavy atom. The minimum Gasteiger partial charge on any atom is -0.359 e. The molecule has 0 radical (unpaired) electrons. The fraction of sp³-hybridized carbons (Fsp3) is 0.727. The quantitative estimate of drug-likeness (QED) is 0.827. The summed E-state index contributed by atoms with van der Waals surface area (Å²) in [5, 5.41) is 4.67. The molecule has 0 unspecified atom stereocenters. The number of aromatic nitrogens is 1. The van der Waals surface area contributed by atoms with E-state index in [4.69, 9.17) is 0 Å². The van der Waals surface area contributed by atoms with Crippen LogP contribution < -0.4 is 5.32 Å². The minimum atomic E-state index is 0.685. The molecule has 2 rings (SSSR count). The molecule has 1 saturated carbocycles. The molecular weight excluding hydrogens is 192 g/mol. The number of nitrogens with one attached hydrogen (secondary N) is 1. The first-order valence-electron chi connectivity index (χ1n) is 5.52. The van der Waals surface area contributed by atoms with Crippen LogP contribution >= 0.6 is 11.3 Å². The summed E-state index contributed by atoms with van der Waals surface area (Å²) >= 11 is 1.80. The molecule has 1 fully saturated rings. The molecule has 78 valence electrons. The highest BCUT2D eigenvalue weighted by atomic mass is 32.1. The van der Waals surface area contributed by atoms with Crippen LogP contribution in [0.1, 0.15) is 43.2 Å². The normalized spacial score (nSPS) is 17.6. The second-order valence-electron chi connectivity index (χ2n) is 4.00. The van der Waals surface area contributed by atoms with Gasteiger partial charge in [0.2, 0.25) is 0 Å². The molecule has 1 aromatic heterocycles. The molecule has 1 heterocycles. The third-order valence-corrected chi connectivity index (χ3v) is 3.85. The number of rotatable bonds is 3. The Bertz CT molecular complexity index is 300. The summed E-state index contributed by atoms with van der Waals surface area (Å²) in [6.07, 6.45) is 6.44. The van der Waals surface area contributed by atoms with Gasteiger partial charge in [0.25, 0.3) is 0 Å². The minimum absolute atomic E-state index is 0.685. The van der Waals surface area contributed by atoms with Gasteiger partial charge in [-0.1, -0.05) is 19.8 Å². The monoisotopic (exact) mass is 210 g/mol. The van der Waals surface area contributed by atoms with Crippen LogP contribution in [-0.2, 0) is 6.42 Å². The topological polar surface area (TPSA) is 24.9 Å². The molecular formula is C11H18N2S. The van der Waals surface area contributed by atoms with Crippen molar-refractivity contribution in [3.63, 3.8) is 0 Å². The fourth-order valence-electron chi connectivity index (χ4n) is 2.06. The van der Waals surface area contributed by atoms with Crippen molar-refractivity contribution >= 4 is 16.5 Å². The van der Waals surface area contributed by atoms with Gasteiger partial charge < -0.3 is 5.32 Å². The molecule has 2 nitrogen and oxygen atoms in total. The number of hydrogen-bond donors (Lipinski definition) is 1. The van der Waals surface area contributed by atoms with Crippen molar-refractivity contribution in [2.75, 3.05) is 5.32 Å². The van der Waals surface area contributed by atoms with Gasteiger partial charge in [-0.3, -0.25) is 0 Å². The first kappa shape index (κ1) is 9.97. The third kappa shape index (κ3) is 2.08. The molecule has 0 bridgehead atoms. The standard InChI is InChI=1S/C11H18N2S/c1-3-10-8(2)14-11(13-10)12-9-6-4-5-7-9/h9H,3-7H2,1-2H3,(H,12,13). The van der Waals surface area contributed by atoms with Crippen LogP contribution in [0.2, 0.25) is 0 Å². The van der Waals surface area contributed by atoms with Crippen LogP contribution in [0.3, 0.4) is 0 Å². The molecule has 0 aromatic carbocycles. The average molecular weight is 210 g/mol. The van der Waals surface area contributed by atoms with Gasteiger partial charge in [0.05, 0.1) is 5.69 Å². The Morgan fingerprint density at radius 1 is 1.43 bits per heavy atom. The second kappa shape index (κ2) is 4.30. The van der Waals surface area contributed by atoms with E-state index in [0.29, 0.717) is 6.04 Å². The van der Waals surface area contributed by atoms with Gasteiger partial charge in [-0.2, -0.15) is 0 Å². The SMILES string of the molecule is CCc1nc(NC2CCCC2)sc1C. The predicted molar refractivity (Wildman–Crippen MR) is 62.1 cm³/mol. The van der Waals surface area contributed by atoms with Crippen LogP contribution in [0.25, 0.3) is 0 Å². The zero-order valence-corrected chi connectivity index (χ0v) is 9.78. The average Bonchev–Trinajstić information content (AvgIpc) is 2.76. The van der Waals surface area contributed by atoms with E-state index in [1.54, 1.807) is 11.3 Å². The van der Waals surface area contributed by atoms with E-state index in [0.717, 1.165) is 11.6 Å². The number of nitrogens with zero attached hydrogens (tertiary/aromatic N) is 1. The van der Waals surface area contributed by atoms with Crippen molar-refractivity contribution in [1.82, 2.24) is 4.98 Å². The van der Waals surface area contributed by atoms with Crippen LogP contribution in [0.4, 0.5) is 5.13 Å². The lowest BCUT2D eigenvalue weighted by atomic mass is 10.3. The molecule has 14 heavy (non-hydrogen) atoms. The molecule has 1 N–H and O–H groups in total. The summed E-state index contributed by atoms with van der Waals surface area (Å²) in [6, 6.07) is 0.685. The maximum atomic E-state index is 4.60. The van der Waals surface area contributed by atoms with Crippen molar-refractivity contribution < 1.29 is 0 Å². The van der Waals surface area contributed by atoms with Crippen LogP contribution in [0, 0.1) is 6.92 Å². The summed E-state index contributed by atoms with van der Waals surface area (Å²) in [5.74, 6) is 0. The largest absolute Gasteiger partial charge is 0.359 e. The van der Waals surface area contributed by atoms with Crippen LogP contribution in [0.15, 0.2) is 0 Å². The summed E-state index contributed by atoms with van der Waals surface area (Å²) in [4.78, 5) is 5.97. The number of thiazole rings is 1. The maximum Gasteiger partial charge on any atom is 0.183 e. The van der Waals surface area contributed by atoms with E-state index in [9.17, 15) is 0 Å². The Labute approximate surface area is 89.8 Å². The number of aryl methyl sites for hydroxylation is 2. The van der Waals surface area contributed by atoms with Gasteiger partial charge in [0.15, 0.2) is 5.13 Å². The zero-order chi connectivity index (χ0) is 9.97. The van der Waals surface area contributed by atoms with Crippen molar-refractivity contribution in [2.45, 2.75) is 52.0 Å². The Kier molecular flexibility index (Phi) is 3.06. The Balaban J connectivity index is 2.01. The van der Waals surface area contributed by atoms with Crippen LogP contribution in [-0.4, -0.2) is 11.0 Å². The van der Waals surface area contributed by atoms with Crippen LogP contribution in [0.5, 0.6) is 0 Å². The molecule has 1 aromatic rings. The summed E-state index contributed by atoms with van der Waals surface area (Å²) < 4.78 is 0. The Hall–Kier alpha value is -0.570. The van der Waals surface area contributed by atoms with Gasteiger partial charge in [-0.15, -0.1) is 11.3 Å². The summed E-state index contributed by atoms with van der Waals surface area (Å²) in [7, 11) is 0. The van der Waals surface area contributed by atoms with Crippen molar-refractivity contribution in [2.24, 2.45) is 0 Å². The Morgan fingerprint density at radius 3 is 2.71 bits per heavy atom. The van der Waals surface area contributed by atoms with Gasteiger partial charge in [-0.25, -0.2) is 4.98 Å². The highest BCUT2D eigenvalue weighted by molar-refractivity contribution is 7.15. The molecule has 0 saturated heterocycles. The first-order chi connectivity index (χ1) is 6.79. The molecule has 1 aliphatic rings. The van der Waals surface area contributed by atoms with E-state index in [-0.39, 0.29) is 0 Å². The van der Waals surface area contributed by atoms with Crippen molar-refractivity contribution in [3.05, 3.63) is 10.6 Å². The van der Waals surface area contributed by atoms with Crippen molar-refractivity contribution in [3.8, 4) is 0 Å². The summed E-state index contributed by atoms with van der Waals surface area (Å²) in [6.45, 7) is 4.33. The summed E-state index contributed by atoms with van der Waals surface area (Å²) in [5.41, 5.74) is 1.26. The first-order valence-corrected chi connectivity index (χ1v) is 6.34. The molecule has 0 amide bonds. The highest BCUT2D eigenvalue weighted by Gasteiger charge is 2.16. The third-order valence-electron chi connectivity index (χ3n) is 2.91. The lowest BCUT2D eigenvalue weighted by Crippen LogP contribution is -2.14. The molecule has 1 aliphatic carbocycles. The van der Waals surface area contributed by atoms with E-state index in [1.165, 1.54) is 36.3 Å².